The summed E-state index contributed by atoms with van der Waals surface area (Å²) in [5, 5.41) is 4.79. The van der Waals surface area contributed by atoms with Gasteiger partial charge >= 0.3 is 0 Å². The zero-order chi connectivity index (χ0) is 19.5. The molecule has 1 saturated heterocycles. The standard InChI is InChI=1S/C20H24N6OS/c1-23-19(16-7-3-4-8-17(16)27-2)22-26(20(23)28)15-24-11-13-25(14-12-24)18-9-5-6-10-21-18/h3-10H,11-15H2,1-2H3. The van der Waals surface area contributed by atoms with Gasteiger partial charge in [-0.05, 0) is 36.5 Å². The fourth-order valence-electron chi connectivity index (χ4n) is 3.49. The number of methoxy groups -OCH3 is 1. The van der Waals surface area contributed by atoms with Gasteiger partial charge in [-0.15, -0.1) is 0 Å². The van der Waals surface area contributed by atoms with Crippen LogP contribution in [0.25, 0.3) is 11.4 Å². The van der Waals surface area contributed by atoms with Crippen molar-refractivity contribution in [3.05, 3.63) is 53.4 Å². The van der Waals surface area contributed by atoms with E-state index in [2.05, 4.69) is 20.9 Å². The molecular weight excluding hydrogens is 372 g/mol. The van der Waals surface area contributed by atoms with Crippen molar-refractivity contribution >= 4 is 18.0 Å². The fourth-order valence-corrected chi connectivity index (χ4v) is 3.68. The van der Waals surface area contributed by atoms with Gasteiger partial charge in [-0.3, -0.25) is 4.90 Å². The van der Waals surface area contributed by atoms with Gasteiger partial charge in [0.05, 0.1) is 19.3 Å². The molecule has 3 heterocycles. The molecule has 4 rings (SSSR count). The molecule has 1 fully saturated rings. The van der Waals surface area contributed by atoms with E-state index in [9.17, 15) is 0 Å². The van der Waals surface area contributed by atoms with Crippen LogP contribution in [-0.4, -0.2) is 57.5 Å². The molecule has 0 atom stereocenters. The second kappa shape index (κ2) is 8.12. The van der Waals surface area contributed by atoms with Crippen LogP contribution in [0.5, 0.6) is 5.75 Å². The summed E-state index contributed by atoms with van der Waals surface area (Å²) in [6.45, 7) is 4.45. The predicted octanol–water partition coefficient (Wildman–Crippen LogP) is 2.80. The molecule has 0 spiro atoms. The Hall–Kier alpha value is -2.71. The maximum Gasteiger partial charge on any atom is 0.199 e. The van der Waals surface area contributed by atoms with Crippen molar-refractivity contribution in [3.8, 4) is 17.1 Å². The molecule has 2 aromatic heterocycles. The quantitative estimate of drug-likeness (QED) is 0.618. The van der Waals surface area contributed by atoms with Crippen LogP contribution in [0.2, 0.25) is 0 Å². The first-order valence-electron chi connectivity index (χ1n) is 9.33. The summed E-state index contributed by atoms with van der Waals surface area (Å²) < 4.78 is 10.0. The topological polar surface area (TPSA) is 51.4 Å². The Morgan fingerprint density at radius 2 is 1.79 bits per heavy atom. The van der Waals surface area contributed by atoms with E-state index in [1.54, 1.807) is 7.11 Å². The summed E-state index contributed by atoms with van der Waals surface area (Å²) in [5.41, 5.74) is 0.942. The molecule has 0 bridgehead atoms. The van der Waals surface area contributed by atoms with Gasteiger partial charge in [-0.2, -0.15) is 5.10 Å². The lowest BCUT2D eigenvalue weighted by Gasteiger charge is -2.35. The molecule has 8 heteroatoms. The number of nitrogens with zero attached hydrogens (tertiary/aromatic N) is 6. The number of para-hydroxylation sites is 1. The second-order valence-electron chi connectivity index (χ2n) is 6.80. The number of benzene rings is 1. The summed E-state index contributed by atoms with van der Waals surface area (Å²) in [5.74, 6) is 2.64. The van der Waals surface area contributed by atoms with Crippen LogP contribution in [-0.2, 0) is 13.7 Å². The maximum atomic E-state index is 5.64. The van der Waals surface area contributed by atoms with Crippen LogP contribution in [0, 0.1) is 4.77 Å². The van der Waals surface area contributed by atoms with Crippen LogP contribution >= 0.6 is 12.2 Å². The molecular formula is C20H24N6OS. The van der Waals surface area contributed by atoms with Crippen molar-refractivity contribution < 1.29 is 4.74 Å². The third-order valence-corrected chi connectivity index (χ3v) is 5.55. The van der Waals surface area contributed by atoms with Crippen molar-refractivity contribution in [2.75, 3.05) is 38.2 Å². The highest BCUT2D eigenvalue weighted by atomic mass is 32.1. The minimum atomic E-state index is 0.678. The van der Waals surface area contributed by atoms with Gasteiger partial charge in [0.1, 0.15) is 11.6 Å². The smallest absolute Gasteiger partial charge is 0.199 e. The van der Waals surface area contributed by atoms with Crippen LogP contribution in [0.1, 0.15) is 0 Å². The average molecular weight is 397 g/mol. The molecule has 0 radical (unpaired) electrons. The van der Waals surface area contributed by atoms with Gasteiger partial charge < -0.3 is 14.2 Å². The number of piperazine rings is 1. The molecule has 0 amide bonds. The van der Waals surface area contributed by atoms with Crippen molar-refractivity contribution in [2.24, 2.45) is 7.05 Å². The number of hydrogen-bond acceptors (Lipinski definition) is 6. The lowest BCUT2D eigenvalue weighted by molar-refractivity contribution is 0.194. The molecule has 0 saturated carbocycles. The monoisotopic (exact) mass is 396 g/mol. The normalized spacial score (nSPS) is 15.0. The van der Waals surface area contributed by atoms with E-state index in [4.69, 9.17) is 22.1 Å². The minimum absolute atomic E-state index is 0.678. The number of rotatable bonds is 5. The van der Waals surface area contributed by atoms with Gasteiger partial charge in [-0.1, -0.05) is 18.2 Å². The van der Waals surface area contributed by atoms with Crippen LogP contribution in [0.3, 0.4) is 0 Å². The molecule has 3 aromatic rings. The number of hydrogen-bond donors (Lipinski definition) is 0. The highest BCUT2D eigenvalue weighted by Gasteiger charge is 2.20. The van der Waals surface area contributed by atoms with E-state index in [1.165, 1.54) is 0 Å². The van der Waals surface area contributed by atoms with Gasteiger partial charge in [-0.25, -0.2) is 9.67 Å². The number of pyridine rings is 1. The highest BCUT2D eigenvalue weighted by molar-refractivity contribution is 7.71. The summed E-state index contributed by atoms with van der Waals surface area (Å²) in [6, 6.07) is 13.9. The zero-order valence-electron chi connectivity index (χ0n) is 16.2. The molecule has 1 aliphatic rings. The van der Waals surface area contributed by atoms with E-state index in [-0.39, 0.29) is 0 Å². The minimum Gasteiger partial charge on any atom is -0.496 e. The van der Waals surface area contributed by atoms with Crippen molar-refractivity contribution in [3.63, 3.8) is 0 Å². The Morgan fingerprint density at radius 3 is 2.50 bits per heavy atom. The van der Waals surface area contributed by atoms with Crippen LogP contribution in [0.15, 0.2) is 48.7 Å². The highest BCUT2D eigenvalue weighted by Crippen LogP contribution is 2.28. The summed E-state index contributed by atoms with van der Waals surface area (Å²) in [6.07, 6.45) is 1.84. The SMILES string of the molecule is COc1ccccc1-c1nn(CN2CCN(c3ccccn3)CC2)c(=S)n1C. The van der Waals surface area contributed by atoms with Gasteiger partial charge in [0.15, 0.2) is 10.6 Å². The van der Waals surface area contributed by atoms with E-state index in [0.717, 1.165) is 49.1 Å². The van der Waals surface area contributed by atoms with E-state index < -0.39 is 0 Å². The molecule has 1 aliphatic heterocycles. The van der Waals surface area contributed by atoms with E-state index >= 15 is 0 Å². The Labute approximate surface area is 169 Å². The third kappa shape index (κ3) is 3.65. The first-order valence-corrected chi connectivity index (χ1v) is 9.74. The van der Waals surface area contributed by atoms with E-state index in [1.807, 2.05) is 58.9 Å². The average Bonchev–Trinajstić information content (AvgIpc) is 3.03. The Morgan fingerprint density at radius 1 is 1.04 bits per heavy atom. The lowest BCUT2D eigenvalue weighted by Crippen LogP contribution is -2.47. The molecule has 7 nitrogen and oxygen atoms in total. The van der Waals surface area contributed by atoms with Crippen molar-refractivity contribution in [1.29, 1.82) is 0 Å². The Kier molecular flexibility index (Phi) is 5.40. The molecule has 0 unspecified atom stereocenters. The van der Waals surface area contributed by atoms with Gasteiger partial charge in [0.25, 0.3) is 0 Å². The first-order chi connectivity index (χ1) is 13.7. The number of anilines is 1. The largest absolute Gasteiger partial charge is 0.496 e. The molecule has 146 valence electrons. The van der Waals surface area contributed by atoms with Crippen molar-refractivity contribution in [2.45, 2.75) is 6.67 Å². The Bertz CT molecular complexity index is 991. The molecule has 0 N–H and O–H groups in total. The second-order valence-corrected chi connectivity index (χ2v) is 7.16. The Balaban J connectivity index is 1.49. The maximum absolute atomic E-state index is 5.64. The summed E-state index contributed by atoms with van der Waals surface area (Å²) in [7, 11) is 3.62. The number of ether oxygens (including phenoxy) is 1. The van der Waals surface area contributed by atoms with Crippen LogP contribution in [0.4, 0.5) is 5.82 Å². The van der Waals surface area contributed by atoms with Crippen molar-refractivity contribution in [1.82, 2.24) is 24.2 Å². The molecule has 0 aliphatic carbocycles. The van der Waals surface area contributed by atoms with Crippen LogP contribution < -0.4 is 9.64 Å². The lowest BCUT2D eigenvalue weighted by atomic mass is 10.2. The number of aromatic nitrogens is 4. The third-order valence-electron chi connectivity index (χ3n) is 5.07. The first kappa shape index (κ1) is 18.6. The summed E-state index contributed by atoms with van der Waals surface area (Å²) >= 11 is 5.64. The predicted molar refractivity (Wildman–Crippen MR) is 112 cm³/mol. The fraction of sp³-hybridized carbons (Fsp3) is 0.350. The van der Waals surface area contributed by atoms with E-state index in [0.29, 0.717) is 11.4 Å². The summed E-state index contributed by atoms with van der Waals surface area (Å²) in [4.78, 5) is 9.13. The molecule has 28 heavy (non-hydrogen) atoms. The van der Waals surface area contributed by atoms with Gasteiger partial charge in [0.2, 0.25) is 0 Å². The molecule has 1 aromatic carbocycles. The van der Waals surface area contributed by atoms with Gasteiger partial charge in [0, 0.05) is 39.4 Å². The zero-order valence-corrected chi connectivity index (χ0v) is 17.0.